The quantitative estimate of drug-likeness (QED) is 0.600. The lowest BCUT2D eigenvalue weighted by Crippen LogP contribution is -2.65. The molecule has 7 heteroatoms. The van der Waals surface area contributed by atoms with Crippen molar-refractivity contribution in [3.8, 4) is 0 Å². The molecule has 0 aromatic heterocycles. The van der Waals surface area contributed by atoms with Crippen LogP contribution in [0.5, 0.6) is 0 Å². The van der Waals surface area contributed by atoms with Crippen molar-refractivity contribution in [3.63, 3.8) is 0 Å². The summed E-state index contributed by atoms with van der Waals surface area (Å²) in [5, 5.41) is 10.8. The number of hydrogen-bond acceptors (Lipinski definition) is 4. The number of ether oxygens (including phenoxy) is 1. The van der Waals surface area contributed by atoms with E-state index in [1.54, 1.807) is 13.8 Å². The van der Waals surface area contributed by atoms with Gasteiger partial charge in [0.2, 0.25) is 6.04 Å². The normalized spacial score (nSPS) is 36.6. The zero-order chi connectivity index (χ0) is 16.9. The van der Waals surface area contributed by atoms with Gasteiger partial charge in [-0.05, 0) is 59.9 Å². The molecular weight excluding hydrogens is 360 g/mol. The highest BCUT2D eigenvalue weighted by molar-refractivity contribution is 9.10. The standard InChI is InChI=1S/C15H22BrF2NO3/c1-5-22-12(20)11(15(16,17)18)19-10-7-8-6-9(13(8,2)3)14(10,4)21/h8-9,11,21H,5-7H2,1-4H3/t8-,9-,11?,14-/m0/s1. The second kappa shape index (κ2) is 5.51. The molecule has 3 rings (SSSR count). The minimum absolute atomic E-state index is 0.00204. The molecule has 0 radical (unpaired) electrons. The molecule has 3 aliphatic rings. The van der Waals surface area contributed by atoms with Crippen molar-refractivity contribution >= 4 is 27.6 Å². The first-order valence-electron chi connectivity index (χ1n) is 7.45. The van der Waals surface area contributed by atoms with E-state index in [1.807, 2.05) is 0 Å². The number of hydrogen-bond donors (Lipinski definition) is 1. The van der Waals surface area contributed by atoms with Gasteiger partial charge < -0.3 is 9.84 Å². The topological polar surface area (TPSA) is 58.9 Å². The molecule has 2 bridgehead atoms. The van der Waals surface area contributed by atoms with Gasteiger partial charge in [0.15, 0.2) is 0 Å². The predicted molar refractivity (Wildman–Crippen MR) is 82.3 cm³/mol. The predicted octanol–water partition coefficient (Wildman–Crippen LogP) is 3.16. The number of fused-ring (bicyclic) bond motifs is 2. The fourth-order valence-corrected chi connectivity index (χ4v) is 4.07. The molecule has 0 amide bonds. The van der Waals surface area contributed by atoms with E-state index in [4.69, 9.17) is 0 Å². The Kier molecular flexibility index (Phi) is 4.46. The number of aliphatic imine (C=N–C) groups is 1. The maximum Gasteiger partial charge on any atom is 0.338 e. The zero-order valence-electron chi connectivity index (χ0n) is 13.2. The Bertz CT molecular complexity index is 500. The van der Waals surface area contributed by atoms with Gasteiger partial charge in [-0.1, -0.05) is 13.8 Å². The summed E-state index contributed by atoms with van der Waals surface area (Å²) in [5.74, 6) is -0.834. The summed E-state index contributed by atoms with van der Waals surface area (Å²) in [4.78, 5) is 12.2. The summed E-state index contributed by atoms with van der Waals surface area (Å²) in [6, 6.07) is -1.98. The van der Waals surface area contributed by atoms with Gasteiger partial charge in [0.25, 0.3) is 0 Å². The van der Waals surface area contributed by atoms with Crippen LogP contribution in [0, 0.1) is 17.3 Å². The Labute approximate surface area is 137 Å². The van der Waals surface area contributed by atoms with E-state index in [1.165, 1.54) is 0 Å². The van der Waals surface area contributed by atoms with Gasteiger partial charge in [0, 0.05) is 5.71 Å². The Hall–Kier alpha value is -0.560. The monoisotopic (exact) mass is 381 g/mol. The van der Waals surface area contributed by atoms with Crippen LogP contribution in [0.15, 0.2) is 4.99 Å². The fraction of sp³-hybridized carbons (Fsp3) is 0.867. The highest BCUT2D eigenvalue weighted by Gasteiger charge is 2.62. The molecule has 4 atom stereocenters. The van der Waals surface area contributed by atoms with Crippen molar-refractivity contribution in [1.29, 1.82) is 0 Å². The number of aliphatic hydroxyl groups is 1. The molecule has 0 heterocycles. The summed E-state index contributed by atoms with van der Waals surface area (Å²) >= 11 is 2.21. The van der Waals surface area contributed by atoms with Crippen LogP contribution in [0.4, 0.5) is 8.78 Å². The molecule has 4 nitrogen and oxygen atoms in total. The number of alkyl halides is 3. The van der Waals surface area contributed by atoms with Crippen molar-refractivity contribution in [2.75, 3.05) is 6.61 Å². The molecular formula is C15H22BrF2NO3. The van der Waals surface area contributed by atoms with Crippen LogP contribution in [-0.4, -0.2) is 39.9 Å². The Morgan fingerprint density at radius 1 is 1.55 bits per heavy atom. The highest BCUT2D eigenvalue weighted by Crippen LogP contribution is 2.61. The average molecular weight is 382 g/mol. The first kappa shape index (κ1) is 17.8. The average Bonchev–Trinajstić information content (AvgIpc) is 2.34. The third kappa shape index (κ3) is 2.82. The number of nitrogens with zero attached hydrogens (tertiary/aromatic N) is 1. The summed E-state index contributed by atoms with van der Waals surface area (Å²) < 4.78 is 32.0. The van der Waals surface area contributed by atoms with E-state index in [2.05, 4.69) is 39.5 Å². The van der Waals surface area contributed by atoms with E-state index >= 15 is 0 Å². The van der Waals surface area contributed by atoms with Gasteiger partial charge >= 0.3 is 10.8 Å². The highest BCUT2D eigenvalue weighted by atomic mass is 79.9. The molecule has 0 spiro atoms. The molecule has 3 aliphatic carbocycles. The fourth-order valence-electron chi connectivity index (χ4n) is 3.78. The van der Waals surface area contributed by atoms with E-state index < -0.39 is 22.4 Å². The largest absolute Gasteiger partial charge is 0.464 e. The first-order valence-corrected chi connectivity index (χ1v) is 8.24. The molecule has 3 saturated carbocycles. The minimum atomic E-state index is -3.51. The lowest BCUT2D eigenvalue weighted by Gasteiger charge is -2.62. The second-order valence-corrected chi connectivity index (χ2v) is 7.99. The van der Waals surface area contributed by atoms with E-state index in [9.17, 15) is 18.7 Å². The molecule has 1 unspecified atom stereocenters. The van der Waals surface area contributed by atoms with Crippen LogP contribution >= 0.6 is 15.9 Å². The summed E-state index contributed by atoms with van der Waals surface area (Å²) in [6.45, 7) is 7.28. The van der Waals surface area contributed by atoms with Crippen molar-refractivity contribution in [2.24, 2.45) is 22.2 Å². The van der Waals surface area contributed by atoms with Gasteiger partial charge in [0.1, 0.15) is 5.60 Å². The van der Waals surface area contributed by atoms with Crippen LogP contribution in [0.25, 0.3) is 0 Å². The number of carbonyl (C=O) groups is 1. The van der Waals surface area contributed by atoms with Crippen molar-refractivity contribution in [1.82, 2.24) is 0 Å². The smallest absolute Gasteiger partial charge is 0.338 e. The lowest BCUT2D eigenvalue weighted by atomic mass is 9.44. The third-order valence-electron chi connectivity index (χ3n) is 5.28. The summed E-state index contributed by atoms with van der Waals surface area (Å²) in [5.41, 5.74) is -1.05. The van der Waals surface area contributed by atoms with Crippen LogP contribution in [0.3, 0.4) is 0 Å². The molecule has 126 valence electrons. The maximum absolute atomic E-state index is 13.7. The van der Waals surface area contributed by atoms with Crippen molar-refractivity contribution in [3.05, 3.63) is 0 Å². The van der Waals surface area contributed by atoms with Crippen LogP contribution in [-0.2, 0) is 9.53 Å². The van der Waals surface area contributed by atoms with Crippen molar-refractivity contribution < 1.29 is 23.4 Å². The second-order valence-electron chi connectivity index (χ2n) is 6.93. The molecule has 0 saturated heterocycles. The van der Waals surface area contributed by atoms with Gasteiger partial charge in [-0.25, -0.2) is 4.79 Å². The van der Waals surface area contributed by atoms with Crippen LogP contribution in [0.1, 0.15) is 40.5 Å². The van der Waals surface area contributed by atoms with E-state index in [-0.39, 0.29) is 23.7 Å². The van der Waals surface area contributed by atoms with Gasteiger partial charge in [-0.3, -0.25) is 4.99 Å². The Balaban J connectivity index is 2.32. The molecule has 3 fully saturated rings. The number of rotatable bonds is 4. The minimum Gasteiger partial charge on any atom is -0.464 e. The zero-order valence-corrected chi connectivity index (χ0v) is 14.8. The maximum atomic E-state index is 13.7. The summed E-state index contributed by atoms with van der Waals surface area (Å²) in [7, 11) is 0. The lowest BCUT2D eigenvalue weighted by molar-refractivity contribution is -0.149. The molecule has 1 N–H and O–H groups in total. The van der Waals surface area contributed by atoms with E-state index in [0.717, 1.165) is 6.42 Å². The Morgan fingerprint density at radius 3 is 2.55 bits per heavy atom. The third-order valence-corrected chi connectivity index (χ3v) is 5.71. The number of halogens is 3. The first-order chi connectivity index (χ1) is 9.92. The number of esters is 1. The van der Waals surface area contributed by atoms with Gasteiger partial charge in [-0.15, -0.1) is 0 Å². The summed E-state index contributed by atoms with van der Waals surface area (Å²) in [6.07, 6.45) is 1.28. The molecule has 22 heavy (non-hydrogen) atoms. The molecule has 0 aromatic carbocycles. The van der Waals surface area contributed by atoms with Crippen LogP contribution < -0.4 is 0 Å². The Morgan fingerprint density at radius 2 is 2.14 bits per heavy atom. The van der Waals surface area contributed by atoms with E-state index in [0.29, 0.717) is 12.3 Å². The van der Waals surface area contributed by atoms with Gasteiger partial charge in [-0.2, -0.15) is 8.78 Å². The number of carbonyl (C=O) groups excluding carboxylic acids is 1. The molecule has 0 aliphatic heterocycles. The van der Waals surface area contributed by atoms with Gasteiger partial charge in [0.05, 0.1) is 6.61 Å². The van der Waals surface area contributed by atoms with Crippen LogP contribution in [0.2, 0.25) is 0 Å². The SMILES string of the molecule is CCOC(=O)C(N=C1C[C@@H]2C[C@@H](C2(C)C)[C@]1(C)O)C(F)(F)Br. The van der Waals surface area contributed by atoms with Crippen molar-refractivity contribution in [2.45, 2.75) is 57.0 Å². The molecule has 0 aromatic rings.